The summed E-state index contributed by atoms with van der Waals surface area (Å²) < 4.78 is 5.42. The minimum absolute atomic E-state index is 0.840. The molecule has 0 aromatic heterocycles. The Balaban J connectivity index is 1.34. The van der Waals surface area contributed by atoms with Crippen LogP contribution in [0.1, 0.15) is 25.7 Å². The smallest absolute Gasteiger partial charge is 0.0594 e. The third-order valence-electron chi connectivity index (χ3n) is 5.41. The lowest BCUT2D eigenvalue weighted by Gasteiger charge is -2.57. The molecule has 4 nitrogen and oxygen atoms in total. The van der Waals surface area contributed by atoms with E-state index in [1.165, 1.54) is 38.8 Å². The highest BCUT2D eigenvalue weighted by atomic mass is 16.5. The van der Waals surface area contributed by atoms with E-state index in [-0.39, 0.29) is 0 Å². The first-order valence-electron chi connectivity index (χ1n) is 7.70. The van der Waals surface area contributed by atoms with Crippen LogP contribution in [-0.2, 0) is 4.74 Å². The van der Waals surface area contributed by atoms with Crippen molar-refractivity contribution >= 4 is 0 Å². The van der Waals surface area contributed by atoms with Gasteiger partial charge in [0.15, 0.2) is 0 Å². The predicted molar refractivity (Wildman–Crippen MR) is 70.7 cm³/mol. The topological polar surface area (TPSA) is 27.7 Å². The highest BCUT2D eigenvalue weighted by molar-refractivity contribution is 5.05. The summed E-state index contributed by atoms with van der Waals surface area (Å²) in [4.78, 5) is 5.41. The highest BCUT2D eigenvalue weighted by Crippen LogP contribution is 2.38. The maximum Gasteiger partial charge on any atom is 0.0594 e. The number of nitrogens with one attached hydrogen (secondary N) is 1. The molecule has 0 unspecified atom stereocenters. The van der Waals surface area contributed by atoms with Crippen LogP contribution in [0.15, 0.2) is 0 Å². The molecule has 18 heavy (non-hydrogen) atoms. The monoisotopic (exact) mass is 251 g/mol. The Morgan fingerprint density at radius 1 is 0.889 bits per heavy atom. The second-order valence-electron chi connectivity index (χ2n) is 6.50. The lowest BCUT2D eigenvalue weighted by Crippen LogP contribution is -2.68. The van der Waals surface area contributed by atoms with Gasteiger partial charge in [0, 0.05) is 50.3 Å². The molecule has 102 valence electrons. The molecule has 0 atom stereocenters. The van der Waals surface area contributed by atoms with Crippen molar-refractivity contribution in [2.75, 3.05) is 39.4 Å². The number of hydrogen-bond acceptors (Lipinski definition) is 4. The van der Waals surface area contributed by atoms with E-state index in [2.05, 4.69) is 15.1 Å². The minimum Gasteiger partial charge on any atom is -0.379 e. The summed E-state index contributed by atoms with van der Waals surface area (Å²) >= 11 is 0. The number of nitrogens with zero attached hydrogens (tertiary/aromatic N) is 2. The SMILES string of the molecule is C1CN(CCN2C3CC4CC2CC(C3)N4)CCO1. The summed E-state index contributed by atoms with van der Waals surface area (Å²) in [5.41, 5.74) is 0. The van der Waals surface area contributed by atoms with Gasteiger partial charge in [0.05, 0.1) is 13.2 Å². The molecule has 5 aliphatic heterocycles. The lowest BCUT2D eigenvalue weighted by molar-refractivity contribution is -0.0401. The van der Waals surface area contributed by atoms with Crippen LogP contribution in [0.3, 0.4) is 0 Å². The van der Waals surface area contributed by atoms with Crippen molar-refractivity contribution in [3.05, 3.63) is 0 Å². The molecule has 0 aromatic carbocycles. The van der Waals surface area contributed by atoms with E-state index in [4.69, 9.17) is 4.74 Å². The van der Waals surface area contributed by atoms with Crippen molar-refractivity contribution in [2.24, 2.45) is 0 Å². The van der Waals surface area contributed by atoms with Crippen LogP contribution in [0.4, 0.5) is 0 Å². The molecule has 0 aromatic rings. The summed E-state index contributed by atoms with van der Waals surface area (Å²) in [7, 11) is 0. The zero-order chi connectivity index (χ0) is 11.9. The zero-order valence-electron chi connectivity index (χ0n) is 11.2. The van der Waals surface area contributed by atoms with E-state index in [1.807, 2.05) is 0 Å². The summed E-state index contributed by atoms with van der Waals surface area (Å²) in [6.45, 7) is 6.67. The van der Waals surface area contributed by atoms with Crippen molar-refractivity contribution in [3.63, 3.8) is 0 Å². The van der Waals surface area contributed by atoms with Crippen molar-refractivity contribution in [3.8, 4) is 0 Å². The molecule has 5 aliphatic rings. The molecule has 0 spiro atoms. The largest absolute Gasteiger partial charge is 0.379 e. The Kier molecular flexibility index (Phi) is 3.07. The molecule has 5 heterocycles. The van der Waals surface area contributed by atoms with E-state index < -0.39 is 0 Å². The fourth-order valence-electron chi connectivity index (χ4n) is 4.59. The first-order chi connectivity index (χ1) is 8.88. The van der Waals surface area contributed by atoms with Crippen LogP contribution in [-0.4, -0.2) is 73.4 Å². The lowest BCUT2D eigenvalue weighted by atomic mass is 9.74. The maximum absolute atomic E-state index is 5.42. The number of ether oxygens (including phenoxy) is 1. The fraction of sp³-hybridized carbons (Fsp3) is 1.00. The van der Waals surface area contributed by atoms with Gasteiger partial charge < -0.3 is 10.1 Å². The molecule has 4 bridgehead atoms. The van der Waals surface area contributed by atoms with E-state index in [9.17, 15) is 0 Å². The molecule has 0 saturated carbocycles. The predicted octanol–water partition coefficient (Wildman–Crippen LogP) is 0.286. The first-order valence-corrected chi connectivity index (χ1v) is 7.70. The van der Waals surface area contributed by atoms with Gasteiger partial charge in [-0.3, -0.25) is 9.80 Å². The summed E-state index contributed by atoms with van der Waals surface area (Å²) in [5.74, 6) is 0. The Morgan fingerprint density at radius 2 is 1.50 bits per heavy atom. The van der Waals surface area contributed by atoms with Crippen LogP contribution >= 0.6 is 0 Å². The van der Waals surface area contributed by atoms with Crippen molar-refractivity contribution in [2.45, 2.75) is 49.9 Å². The molecule has 4 heteroatoms. The van der Waals surface area contributed by atoms with Gasteiger partial charge in [0.25, 0.3) is 0 Å². The second kappa shape index (κ2) is 4.75. The number of piperidine rings is 4. The van der Waals surface area contributed by atoms with Crippen molar-refractivity contribution < 1.29 is 4.74 Å². The van der Waals surface area contributed by atoms with Gasteiger partial charge in [-0.2, -0.15) is 0 Å². The van der Waals surface area contributed by atoms with Crippen LogP contribution in [0.5, 0.6) is 0 Å². The molecule has 0 amide bonds. The van der Waals surface area contributed by atoms with Gasteiger partial charge in [0.1, 0.15) is 0 Å². The Bertz CT molecular complexity index is 275. The minimum atomic E-state index is 0.840. The average molecular weight is 251 g/mol. The Morgan fingerprint density at radius 3 is 2.11 bits per heavy atom. The van der Waals surface area contributed by atoms with Gasteiger partial charge >= 0.3 is 0 Å². The van der Waals surface area contributed by atoms with Gasteiger partial charge in [-0.15, -0.1) is 0 Å². The van der Waals surface area contributed by atoms with Gasteiger partial charge in [0.2, 0.25) is 0 Å². The van der Waals surface area contributed by atoms with Gasteiger partial charge in [-0.25, -0.2) is 0 Å². The van der Waals surface area contributed by atoms with E-state index in [0.717, 1.165) is 50.5 Å². The maximum atomic E-state index is 5.42. The molecule has 5 rings (SSSR count). The van der Waals surface area contributed by atoms with E-state index >= 15 is 0 Å². The normalized spacial score (nSPS) is 44.7. The van der Waals surface area contributed by atoms with Gasteiger partial charge in [-0.1, -0.05) is 0 Å². The third-order valence-corrected chi connectivity index (χ3v) is 5.41. The molecular weight excluding hydrogens is 226 g/mol. The van der Waals surface area contributed by atoms with Crippen LogP contribution in [0.2, 0.25) is 0 Å². The fourth-order valence-corrected chi connectivity index (χ4v) is 4.59. The highest BCUT2D eigenvalue weighted by Gasteiger charge is 2.46. The Hall–Kier alpha value is -0.160. The van der Waals surface area contributed by atoms with Crippen LogP contribution in [0, 0.1) is 0 Å². The molecule has 5 fully saturated rings. The van der Waals surface area contributed by atoms with E-state index in [0.29, 0.717) is 0 Å². The summed E-state index contributed by atoms with van der Waals surface area (Å²) in [5, 5.41) is 3.79. The summed E-state index contributed by atoms with van der Waals surface area (Å²) in [6.07, 6.45) is 5.60. The standard InChI is InChI=1S/C14H25N3O/c1(16-3-5-18-6-4-16)2-17-13-7-11-8-14(17)10-12(9-13)15-11/h11-15H,1-10H2. The molecule has 0 aliphatic carbocycles. The molecule has 5 saturated heterocycles. The number of rotatable bonds is 3. The molecule has 1 N–H and O–H groups in total. The first kappa shape index (κ1) is 11.6. The van der Waals surface area contributed by atoms with E-state index in [1.54, 1.807) is 0 Å². The van der Waals surface area contributed by atoms with Crippen LogP contribution in [0.25, 0.3) is 0 Å². The second-order valence-corrected chi connectivity index (χ2v) is 6.50. The molecule has 0 radical (unpaired) electrons. The molecular formula is C14H25N3O. The number of hydrogen-bond donors (Lipinski definition) is 1. The Labute approximate surface area is 110 Å². The quantitative estimate of drug-likeness (QED) is 0.780. The van der Waals surface area contributed by atoms with Gasteiger partial charge in [-0.05, 0) is 25.7 Å². The zero-order valence-corrected chi connectivity index (χ0v) is 11.2. The van der Waals surface area contributed by atoms with Crippen molar-refractivity contribution in [1.29, 1.82) is 0 Å². The summed E-state index contributed by atoms with van der Waals surface area (Å²) in [6, 6.07) is 3.45. The van der Waals surface area contributed by atoms with Crippen molar-refractivity contribution in [1.82, 2.24) is 15.1 Å². The third kappa shape index (κ3) is 2.09. The van der Waals surface area contributed by atoms with Crippen LogP contribution < -0.4 is 5.32 Å². The average Bonchev–Trinajstić information content (AvgIpc) is 2.38. The number of morpholine rings is 1.